The molecule has 0 atom stereocenters. The van der Waals surface area contributed by atoms with Crippen molar-refractivity contribution in [2.24, 2.45) is 0 Å². The molecule has 0 saturated carbocycles. The summed E-state index contributed by atoms with van der Waals surface area (Å²) in [6.07, 6.45) is 0. The lowest BCUT2D eigenvalue weighted by Crippen LogP contribution is -1.89. The van der Waals surface area contributed by atoms with Crippen LogP contribution in [0.25, 0.3) is 22.2 Å². The minimum Gasteiger partial charge on any atom is -0.247 e. The van der Waals surface area contributed by atoms with Crippen molar-refractivity contribution in [2.75, 3.05) is 0 Å². The zero-order chi connectivity index (χ0) is 13.4. The highest BCUT2D eigenvalue weighted by atomic mass is 127. The van der Waals surface area contributed by atoms with Gasteiger partial charge in [0.1, 0.15) is 0 Å². The van der Waals surface area contributed by atoms with Gasteiger partial charge in [0.05, 0.1) is 16.2 Å². The molecular weight excluding hydrogens is 392 g/mol. The van der Waals surface area contributed by atoms with Crippen LogP contribution < -0.4 is 0 Å². The molecule has 0 radical (unpaired) electrons. The van der Waals surface area contributed by atoms with Gasteiger partial charge in [0.25, 0.3) is 0 Å². The van der Waals surface area contributed by atoms with Gasteiger partial charge in [0, 0.05) is 19.5 Å². The summed E-state index contributed by atoms with van der Waals surface area (Å²) >= 11 is 14.6. The van der Waals surface area contributed by atoms with Crippen LogP contribution in [0.3, 0.4) is 0 Å². The third kappa shape index (κ3) is 2.57. The van der Waals surface area contributed by atoms with E-state index in [1.807, 2.05) is 48.5 Å². The molecule has 4 heteroatoms. The van der Waals surface area contributed by atoms with E-state index < -0.39 is 0 Å². The van der Waals surface area contributed by atoms with Gasteiger partial charge in [-0.2, -0.15) is 0 Å². The van der Waals surface area contributed by atoms with Crippen LogP contribution in [-0.4, -0.2) is 4.98 Å². The molecule has 0 aliphatic heterocycles. The molecule has 3 aromatic rings. The number of rotatable bonds is 1. The summed E-state index contributed by atoms with van der Waals surface area (Å²) in [6.45, 7) is 0. The van der Waals surface area contributed by atoms with E-state index in [9.17, 15) is 0 Å². The highest BCUT2D eigenvalue weighted by Gasteiger charge is 2.09. The molecule has 0 fully saturated rings. The lowest BCUT2D eigenvalue weighted by Gasteiger charge is -2.07. The smallest absolute Gasteiger partial charge is 0.0858 e. The van der Waals surface area contributed by atoms with Crippen LogP contribution in [-0.2, 0) is 0 Å². The largest absolute Gasteiger partial charge is 0.247 e. The minimum atomic E-state index is 0.671. The maximum absolute atomic E-state index is 6.35. The fraction of sp³-hybridized carbons (Fsp3) is 0. The molecule has 94 valence electrons. The molecule has 0 N–H and O–H groups in total. The normalized spacial score (nSPS) is 10.9. The summed E-state index contributed by atoms with van der Waals surface area (Å²) in [7, 11) is 0. The number of fused-ring (bicyclic) bond motifs is 1. The van der Waals surface area contributed by atoms with Crippen LogP contribution in [0.2, 0.25) is 10.0 Å². The zero-order valence-electron chi connectivity index (χ0n) is 9.70. The first-order valence-electron chi connectivity index (χ1n) is 5.66. The third-order valence-electron chi connectivity index (χ3n) is 2.85. The first-order chi connectivity index (χ1) is 9.15. The summed E-state index contributed by atoms with van der Waals surface area (Å²) in [6, 6.07) is 15.6. The average Bonchev–Trinajstić information content (AvgIpc) is 2.41. The van der Waals surface area contributed by atoms with Crippen LogP contribution >= 0.6 is 45.8 Å². The van der Waals surface area contributed by atoms with Crippen molar-refractivity contribution < 1.29 is 0 Å². The van der Waals surface area contributed by atoms with Gasteiger partial charge in [-0.15, -0.1) is 0 Å². The maximum atomic E-state index is 6.35. The molecule has 0 amide bonds. The maximum Gasteiger partial charge on any atom is 0.0858 e. The Morgan fingerprint density at radius 2 is 1.68 bits per heavy atom. The van der Waals surface area contributed by atoms with Gasteiger partial charge in [-0.3, -0.25) is 0 Å². The number of pyridine rings is 1. The quantitative estimate of drug-likeness (QED) is 0.470. The summed E-state index contributed by atoms with van der Waals surface area (Å²) in [5.41, 5.74) is 2.81. The Kier molecular flexibility index (Phi) is 3.65. The Morgan fingerprint density at radius 1 is 0.947 bits per heavy atom. The molecule has 0 bridgehead atoms. The topological polar surface area (TPSA) is 12.9 Å². The van der Waals surface area contributed by atoms with Crippen LogP contribution in [0, 0.1) is 3.57 Å². The molecule has 1 heterocycles. The van der Waals surface area contributed by atoms with Crippen LogP contribution in [0.4, 0.5) is 0 Å². The van der Waals surface area contributed by atoms with Crippen LogP contribution in [0.15, 0.2) is 48.5 Å². The summed E-state index contributed by atoms with van der Waals surface area (Å²) < 4.78 is 1.000. The SMILES string of the molecule is Clc1cc(I)c2nc(-c3ccccc3)cc(Cl)c2c1. The van der Waals surface area contributed by atoms with E-state index in [0.29, 0.717) is 10.0 Å². The highest BCUT2D eigenvalue weighted by molar-refractivity contribution is 14.1. The van der Waals surface area contributed by atoms with E-state index in [-0.39, 0.29) is 0 Å². The second-order valence-electron chi connectivity index (χ2n) is 4.14. The van der Waals surface area contributed by atoms with E-state index in [0.717, 1.165) is 25.7 Å². The van der Waals surface area contributed by atoms with Gasteiger partial charge < -0.3 is 0 Å². The number of hydrogen-bond acceptors (Lipinski definition) is 1. The van der Waals surface area contributed by atoms with E-state index in [2.05, 4.69) is 22.6 Å². The zero-order valence-corrected chi connectivity index (χ0v) is 13.4. The molecule has 0 aliphatic rings. The highest BCUT2D eigenvalue weighted by Crippen LogP contribution is 2.32. The van der Waals surface area contributed by atoms with Crippen molar-refractivity contribution in [1.82, 2.24) is 4.98 Å². The third-order valence-corrected chi connectivity index (χ3v) is 4.20. The number of hydrogen-bond donors (Lipinski definition) is 0. The minimum absolute atomic E-state index is 0.671. The van der Waals surface area contributed by atoms with E-state index in [4.69, 9.17) is 28.2 Å². The Labute approximate surface area is 134 Å². The number of nitrogens with zero attached hydrogens (tertiary/aromatic N) is 1. The Bertz CT molecular complexity index is 757. The van der Waals surface area contributed by atoms with E-state index >= 15 is 0 Å². The van der Waals surface area contributed by atoms with E-state index in [1.165, 1.54) is 0 Å². The molecule has 2 aromatic carbocycles. The van der Waals surface area contributed by atoms with Crippen molar-refractivity contribution in [3.8, 4) is 11.3 Å². The fourth-order valence-corrected chi connectivity index (χ4v) is 3.37. The molecule has 0 unspecified atom stereocenters. The van der Waals surface area contributed by atoms with Crippen molar-refractivity contribution in [2.45, 2.75) is 0 Å². The van der Waals surface area contributed by atoms with Crippen LogP contribution in [0.1, 0.15) is 0 Å². The van der Waals surface area contributed by atoms with Gasteiger partial charge in [-0.05, 0) is 40.8 Å². The molecule has 19 heavy (non-hydrogen) atoms. The number of halogens is 3. The molecule has 1 aromatic heterocycles. The van der Waals surface area contributed by atoms with Crippen LogP contribution in [0.5, 0.6) is 0 Å². The fourth-order valence-electron chi connectivity index (χ4n) is 1.97. The van der Waals surface area contributed by atoms with Crippen molar-refractivity contribution >= 4 is 56.7 Å². The van der Waals surface area contributed by atoms with Gasteiger partial charge in [0.15, 0.2) is 0 Å². The molecule has 3 rings (SSSR count). The summed E-state index contributed by atoms with van der Waals surface area (Å²) in [5, 5.41) is 2.23. The second-order valence-corrected chi connectivity index (χ2v) is 6.14. The van der Waals surface area contributed by atoms with Gasteiger partial charge in [0.2, 0.25) is 0 Å². The van der Waals surface area contributed by atoms with Crippen molar-refractivity contribution in [3.63, 3.8) is 0 Å². The lowest BCUT2D eigenvalue weighted by atomic mass is 10.1. The Balaban J connectivity index is 2.31. The Morgan fingerprint density at radius 3 is 2.42 bits per heavy atom. The van der Waals surface area contributed by atoms with Crippen molar-refractivity contribution in [1.29, 1.82) is 0 Å². The van der Waals surface area contributed by atoms with E-state index in [1.54, 1.807) is 0 Å². The van der Waals surface area contributed by atoms with Gasteiger partial charge >= 0.3 is 0 Å². The average molecular weight is 400 g/mol. The standard InChI is InChI=1S/C15H8Cl2IN/c16-10-6-11-12(17)8-14(9-4-2-1-3-5-9)19-15(11)13(18)7-10/h1-8H. The number of aromatic nitrogens is 1. The lowest BCUT2D eigenvalue weighted by molar-refractivity contribution is 1.39. The first kappa shape index (κ1) is 13.2. The predicted molar refractivity (Wildman–Crippen MR) is 89.9 cm³/mol. The molecule has 0 spiro atoms. The molecule has 0 saturated heterocycles. The molecule has 0 aliphatic carbocycles. The van der Waals surface area contributed by atoms with Crippen molar-refractivity contribution in [3.05, 3.63) is 62.1 Å². The first-order valence-corrected chi connectivity index (χ1v) is 7.49. The van der Waals surface area contributed by atoms with Gasteiger partial charge in [-0.1, -0.05) is 53.5 Å². The molecule has 1 nitrogen and oxygen atoms in total. The summed E-state index contributed by atoms with van der Waals surface area (Å²) in [4.78, 5) is 4.70. The van der Waals surface area contributed by atoms with Gasteiger partial charge in [-0.25, -0.2) is 4.98 Å². The Hall–Kier alpha value is -0.840. The second kappa shape index (κ2) is 5.27. The summed E-state index contributed by atoms with van der Waals surface area (Å²) in [5.74, 6) is 0. The monoisotopic (exact) mass is 399 g/mol. The predicted octanol–water partition coefficient (Wildman–Crippen LogP) is 5.81. The number of benzene rings is 2. The molecular formula is C15H8Cl2IN.